The van der Waals surface area contributed by atoms with Crippen molar-refractivity contribution in [3.63, 3.8) is 0 Å². The van der Waals surface area contributed by atoms with E-state index in [0.717, 1.165) is 32.4 Å². The lowest BCUT2D eigenvalue weighted by atomic mass is 10.0. The first-order chi connectivity index (χ1) is 7.05. The number of carbonyl (C=O) groups excluding carboxylic acids is 1. The van der Waals surface area contributed by atoms with Gasteiger partial charge in [0.1, 0.15) is 6.61 Å². The predicted molar refractivity (Wildman–Crippen MR) is 59.5 cm³/mol. The van der Waals surface area contributed by atoms with Gasteiger partial charge < -0.3 is 15.4 Å². The lowest BCUT2D eigenvalue weighted by Gasteiger charge is -2.23. The Labute approximate surface area is 91.8 Å². The van der Waals surface area contributed by atoms with Crippen molar-refractivity contribution in [1.29, 1.82) is 0 Å². The molecule has 88 valence electrons. The molecule has 1 aliphatic heterocycles. The summed E-state index contributed by atoms with van der Waals surface area (Å²) in [5.41, 5.74) is 5.59. The first-order valence-corrected chi connectivity index (χ1v) is 5.69. The van der Waals surface area contributed by atoms with E-state index in [4.69, 9.17) is 10.5 Å². The molecular weight excluding hydrogens is 192 g/mol. The van der Waals surface area contributed by atoms with Crippen LogP contribution in [0, 0.1) is 0 Å². The van der Waals surface area contributed by atoms with E-state index in [-0.39, 0.29) is 18.1 Å². The number of amides is 1. The van der Waals surface area contributed by atoms with Gasteiger partial charge in [-0.3, -0.25) is 4.79 Å². The van der Waals surface area contributed by atoms with Crippen LogP contribution in [0.25, 0.3) is 0 Å². The van der Waals surface area contributed by atoms with Crippen molar-refractivity contribution in [1.82, 2.24) is 4.90 Å². The Hall–Kier alpha value is -0.610. The highest BCUT2D eigenvalue weighted by Crippen LogP contribution is 2.08. The largest absolute Gasteiger partial charge is 0.370 e. The normalized spacial score (nSPS) is 20.3. The number of hydrogen-bond acceptors (Lipinski definition) is 3. The molecule has 1 amide bonds. The van der Waals surface area contributed by atoms with Gasteiger partial charge in [-0.1, -0.05) is 6.92 Å². The van der Waals surface area contributed by atoms with E-state index in [0.29, 0.717) is 6.61 Å². The lowest BCUT2D eigenvalue weighted by Crippen LogP contribution is -2.42. The fraction of sp³-hybridized carbons (Fsp3) is 0.909. The van der Waals surface area contributed by atoms with Gasteiger partial charge in [-0.15, -0.1) is 0 Å². The number of nitrogens with zero attached hydrogens (tertiary/aromatic N) is 1. The topological polar surface area (TPSA) is 55.6 Å². The third-order valence-corrected chi connectivity index (χ3v) is 2.92. The fourth-order valence-corrected chi connectivity index (χ4v) is 1.53. The van der Waals surface area contributed by atoms with Crippen molar-refractivity contribution in [2.75, 3.05) is 26.3 Å². The summed E-state index contributed by atoms with van der Waals surface area (Å²) in [5.74, 6) is 0.0967. The molecule has 1 rings (SSSR count). The molecule has 2 N–H and O–H groups in total. The van der Waals surface area contributed by atoms with E-state index in [2.05, 4.69) is 0 Å². The first kappa shape index (κ1) is 12.5. The number of ether oxygens (including phenoxy) is 1. The molecule has 15 heavy (non-hydrogen) atoms. The predicted octanol–water partition coefficient (Wildman–Crippen LogP) is 0.753. The van der Waals surface area contributed by atoms with Gasteiger partial charge >= 0.3 is 0 Å². The Morgan fingerprint density at radius 3 is 2.60 bits per heavy atom. The highest BCUT2D eigenvalue weighted by Gasteiger charge is 2.20. The molecule has 1 unspecified atom stereocenters. The van der Waals surface area contributed by atoms with Gasteiger partial charge in [0.05, 0.1) is 6.61 Å². The van der Waals surface area contributed by atoms with Crippen molar-refractivity contribution >= 4 is 5.91 Å². The Balaban J connectivity index is 2.16. The van der Waals surface area contributed by atoms with Crippen LogP contribution in [0.5, 0.6) is 0 Å². The molecule has 0 aromatic rings. The molecule has 4 heteroatoms. The smallest absolute Gasteiger partial charge is 0.248 e. The maximum Gasteiger partial charge on any atom is 0.248 e. The van der Waals surface area contributed by atoms with E-state index in [1.807, 2.05) is 18.7 Å². The van der Waals surface area contributed by atoms with Crippen LogP contribution in [-0.4, -0.2) is 42.6 Å². The van der Waals surface area contributed by atoms with E-state index >= 15 is 0 Å². The molecule has 1 saturated heterocycles. The van der Waals surface area contributed by atoms with E-state index < -0.39 is 0 Å². The van der Waals surface area contributed by atoms with Crippen LogP contribution in [0.3, 0.4) is 0 Å². The lowest BCUT2D eigenvalue weighted by molar-refractivity contribution is -0.135. The van der Waals surface area contributed by atoms with Crippen molar-refractivity contribution in [2.45, 2.75) is 38.6 Å². The van der Waals surface area contributed by atoms with Crippen LogP contribution in [-0.2, 0) is 9.53 Å². The van der Waals surface area contributed by atoms with Crippen LogP contribution in [0.15, 0.2) is 0 Å². The summed E-state index contributed by atoms with van der Waals surface area (Å²) in [6.45, 7) is 6.35. The summed E-state index contributed by atoms with van der Waals surface area (Å²) in [6, 6.07) is 0. The molecule has 0 spiro atoms. The molecule has 1 aliphatic rings. The maximum atomic E-state index is 11.6. The van der Waals surface area contributed by atoms with Crippen LogP contribution >= 0.6 is 0 Å². The SMILES string of the molecule is CCC(C)(N)COCC(=O)N1CCCC1. The van der Waals surface area contributed by atoms with E-state index in [9.17, 15) is 4.79 Å². The van der Waals surface area contributed by atoms with E-state index in [1.165, 1.54) is 0 Å². The van der Waals surface area contributed by atoms with Gasteiger partial charge in [0.25, 0.3) is 0 Å². The summed E-state index contributed by atoms with van der Waals surface area (Å²) >= 11 is 0. The standard InChI is InChI=1S/C11H22N2O2/c1-3-11(2,12)9-15-8-10(14)13-6-4-5-7-13/h3-9,12H2,1-2H3. The third-order valence-electron chi connectivity index (χ3n) is 2.92. The monoisotopic (exact) mass is 214 g/mol. The summed E-state index contributed by atoms with van der Waals surface area (Å²) in [6.07, 6.45) is 3.09. The second-order valence-corrected chi connectivity index (χ2v) is 4.59. The van der Waals surface area contributed by atoms with Crippen LogP contribution in [0.1, 0.15) is 33.1 Å². The number of carbonyl (C=O) groups is 1. The zero-order valence-corrected chi connectivity index (χ0v) is 9.79. The van der Waals surface area contributed by atoms with Gasteiger partial charge in [-0.25, -0.2) is 0 Å². The van der Waals surface area contributed by atoms with E-state index in [1.54, 1.807) is 0 Å². The second-order valence-electron chi connectivity index (χ2n) is 4.59. The molecule has 1 fully saturated rings. The van der Waals surface area contributed by atoms with Gasteiger partial charge in [0.15, 0.2) is 0 Å². The molecule has 0 aromatic carbocycles. The van der Waals surface area contributed by atoms with Crippen molar-refractivity contribution < 1.29 is 9.53 Å². The number of hydrogen-bond donors (Lipinski definition) is 1. The van der Waals surface area contributed by atoms with Crippen LogP contribution in [0.4, 0.5) is 0 Å². The van der Waals surface area contributed by atoms with Gasteiger partial charge in [-0.05, 0) is 26.2 Å². The number of rotatable bonds is 5. The molecule has 4 nitrogen and oxygen atoms in total. The zero-order chi connectivity index (χ0) is 11.3. The van der Waals surface area contributed by atoms with Gasteiger partial charge in [0, 0.05) is 18.6 Å². The van der Waals surface area contributed by atoms with Crippen molar-refractivity contribution in [3.05, 3.63) is 0 Å². The van der Waals surface area contributed by atoms with Gasteiger partial charge in [-0.2, -0.15) is 0 Å². The minimum Gasteiger partial charge on any atom is -0.370 e. The molecule has 0 bridgehead atoms. The second kappa shape index (κ2) is 5.47. The molecule has 0 saturated carbocycles. The minimum atomic E-state index is -0.314. The average Bonchev–Trinajstić information content (AvgIpc) is 2.70. The first-order valence-electron chi connectivity index (χ1n) is 5.69. The minimum absolute atomic E-state index is 0.0967. The van der Waals surface area contributed by atoms with Gasteiger partial charge in [0.2, 0.25) is 5.91 Å². The summed E-state index contributed by atoms with van der Waals surface area (Å²) in [5, 5.41) is 0. The highest BCUT2D eigenvalue weighted by molar-refractivity contribution is 5.77. The number of nitrogens with two attached hydrogens (primary N) is 1. The van der Waals surface area contributed by atoms with Crippen molar-refractivity contribution in [2.24, 2.45) is 5.73 Å². The van der Waals surface area contributed by atoms with Crippen molar-refractivity contribution in [3.8, 4) is 0 Å². The summed E-state index contributed by atoms with van der Waals surface area (Å²) < 4.78 is 5.35. The molecular formula is C11H22N2O2. The summed E-state index contributed by atoms with van der Waals surface area (Å²) in [7, 11) is 0. The molecule has 1 atom stereocenters. The Bertz CT molecular complexity index is 211. The Morgan fingerprint density at radius 2 is 2.07 bits per heavy atom. The summed E-state index contributed by atoms with van der Waals surface area (Å²) in [4.78, 5) is 13.4. The Kier molecular flexibility index (Phi) is 4.54. The zero-order valence-electron chi connectivity index (χ0n) is 9.79. The molecule has 1 heterocycles. The van der Waals surface area contributed by atoms with Crippen LogP contribution in [0.2, 0.25) is 0 Å². The third kappa shape index (κ3) is 4.18. The fourth-order valence-electron chi connectivity index (χ4n) is 1.53. The molecule has 0 aliphatic carbocycles. The molecule has 0 radical (unpaired) electrons. The Morgan fingerprint density at radius 1 is 1.47 bits per heavy atom. The molecule has 0 aromatic heterocycles. The highest BCUT2D eigenvalue weighted by atomic mass is 16.5. The van der Waals surface area contributed by atoms with Crippen LogP contribution < -0.4 is 5.73 Å². The maximum absolute atomic E-state index is 11.6. The average molecular weight is 214 g/mol. The quantitative estimate of drug-likeness (QED) is 0.735. The number of likely N-dealkylation sites (tertiary alicyclic amines) is 1.